The molecule has 34 heavy (non-hydrogen) atoms. The van der Waals surface area contributed by atoms with Crippen LogP contribution in [0.25, 0.3) is 10.9 Å². The zero-order valence-corrected chi connectivity index (χ0v) is 20.6. The van der Waals surface area contributed by atoms with Gasteiger partial charge in [0.15, 0.2) is 5.69 Å². The highest BCUT2D eigenvalue weighted by molar-refractivity contribution is 6.05. The predicted octanol–water partition coefficient (Wildman–Crippen LogP) is 4.37. The number of amides is 2. The summed E-state index contributed by atoms with van der Waals surface area (Å²) in [5.74, 6) is -0.379. The molecule has 0 fully saturated rings. The van der Waals surface area contributed by atoms with Crippen molar-refractivity contribution in [2.45, 2.75) is 39.7 Å². The van der Waals surface area contributed by atoms with Crippen molar-refractivity contribution >= 4 is 22.7 Å². The largest absolute Gasteiger partial charge is 0.351 e. The number of carbonyl (C=O) groups is 2. The molecule has 2 heterocycles. The van der Waals surface area contributed by atoms with Crippen LogP contribution < -0.4 is 5.32 Å². The Labute approximate surface area is 201 Å². The molecule has 3 aromatic rings. The maximum atomic E-state index is 13.5. The molecule has 0 spiro atoms. The molecule has 0 aliphatic heterocycles. The summed E-state index contributed by atoms with van der Waals surface area (Å²) in [5, 5.41) is 8.28. The van der Waals surface area contributed by atoms with Crippen molar-refractivity contribution in [2.75, 3.05) is 13.6 Å². The van der Waals surface area contributed by atoms with Crippen molar-refractivity contribution in [3.05, 3.63) is 83.3 Å². The van der Waals surface area contributed by atoms with Crippen LogP contribution >= 0.6 is 0 Å². The van der Waals surface area contributed by atoms with Gasteiger partial charge in [0.05, 0.1) is 5.52 Å². The van der Waals surface area contributed by atoms with Crippen LogP contribution in [0.1, 0.15) is 52.0 Å². The molecule has 1 aromatic carbocycles. The van der Waals surface area contributed by atoms with Crippen molar-refractivity contribution in [3.8, 4) is 0 Å². The molecule has 7 nitrogen and oxygen atoms in total. The Morgan fingerprint density at radius 1 is 1.24 bits per heavy atom. The Hall–Kier alpha value is -3.74. The first kappa shape index (κ1) is 24.9. The highest BCUT2D eigenvalue weighted by Crippen LogP contribution is 2.23. The van der Waals surface area contributed by atoms with E-state index in [9.17, 15) is 9.59 Å². The monoisotopic (exact) mass is 459 g/mol. The number of allylic oxidation sites excluding steroid dienone is 2. The third-order valence-electron chi connectivity index (χ3n) is 5.86. The summed E-state index contributed by atoms with van der Waals surface area (Å²) in [6.07, 6.45) is 5.04. The summed E-state index contributed by atoms with van der Waals surface area (Å²) >= 11 is 0. The van der Waals surface area contributed by atoms with Crippen molar-refractivity contribution in [1.29, 1.82) is 0 Å². The number of rotatable bonds is 9. The minimum atomic E-state index is -0.227. The van der Waals surface area contributed by atoms with Crippen LogP contribution in [0.3, 0.4) is 0 Å². The van der Waals surface area contributed by atoms with E-state index in [4.69, 9.17) is 0 Å². The van der Waals surface area contributed by atoms with E-state index < -0.39 is 0 Å². The number of benzene rings is 1. The van der Waals surface area contributed by atoms with Crippen LogP contribution in [0.4, 0.5) is 0 Å². The molecule has 7 heteroatoms. The molecular weight excluding hydrogens is 426 g/mol. The zero-order valence-electron chi connectivity index (χ0n) is 20.6. The number of nitrogens with one attached hydrogen (secondary N) is 1. The van der Waals surface area contributed by atoms with E-state index in [1.807, 2.05) is 70.3 Å². The third-order valence-corrected chi connectivity index (χ3v) is 5.86. The number of pyridine rings is 1. The van der Waals surface area contributed by atoms with E-state index in [1.165, 1.54) is 0 Å². The maximum absolute atomic E-state index is 13.5. The Kier molecular flexibility index (Phi) is 7.99. The fraction of sp³-hybridized carbons (Fsp3) is 0.333. The van der Waals surface area contributed by atoms with Gasteiger partial charge in [0.2, 0.25) is 0 Å². The van der Waals surface area contributed by atoms with E-state index in [1.54, 1.807) is 22.7 Å². The van der Waals surface area contributed by atoms with E-state index in [2.05, 4.69) is 22.0 Å². The molecule has 1 atom stereocenters. The molecule has 0 saturated carbocycles. The Balaban J connectivity index is 1.78. The third kappa shape index (κ3) is 5.78. The van der Waals surface area contributed by atoms with Crippen LogP contribution in [-0.2, 0) is 7.05 Å². The fourth-order valence-corrected chi connectivity index (χ4v) is 4.02. The molecule has 2 amide bonds. The van der Waals surface area contributed by atoms with E-state index in [-0.39, 0.29) is 17.9 Å². The van der Waals surface area contributed by atoms with Gasteiger partial charge >= 0.3 is 0 Å². The van der Waals surface area contributed by atoms with Crippen molar-refractivity contribution < 1.29 is 9.59 Å². The number of aromatic nitrogens is 3. The van der Waals surface area contributed by atoms with Gasteiger partial charge < -0.3 is 10.2 Å². The van der Waals surface area contributed by atoms with Crippen LogP contribution in [0.5, 0.6) is 0 Å². The number of carbonyl (C=O) groups excluding carboxylic acids is 2. The first-order valence-corrected chi connectivity index (χ1v) is 11.4. The first-order valence-electron chi connectivity index (χ1n) is 11.4. The second-order valence-electron chi connectivity index (χ2n) is 8.63. The quantitative estimate of drug-likeness (QED) is 0.482. The van der Waals surface area contributed by atoms with Crippen LogP contribution in [0.15, 0.2) is 60.7 Å². The molecule has 1 unspecified atom stereocenters. The molecule has 178 valence electrons. The lowest BCUT2D eigenvalue weighted by molar-refractivity contribution is 0.0718. The van der Waals surface area contributed by atoms with Gasteiger partial charge in [-0.3, -0.25) is 14.3 Å². The Morgan fingerprint density at radius 3 is 2.71 bits per heavy atom. The van der Waals surface area contributed by atoms with Gasteiger partial charge in [-0.15, -0.1) is 0 Å². The second-order valence-corrected chi connectivity index (χ2v) is 8.63. The average Bonchev–Trinajstić information content (AvgIpc) is 3.12. The normalized spacial score (nSPS) is 12.1. The summed E-state index contributed by atoms with van der Waals surface area (Å²) in [6.45, 7) is 10.3. The zero-order chi connectivity index (χ0) is 24.8. The second kappa shape index (κ2) is 10.9. The minimum Gasteiger partial charge on any atom is -0.351 e. The van der Waals surface area contributed by atoms with Crippen molar-refractivity contribution in [3.63, 3.8) is 0 Å². The fourth-order valence-electron chi connectivity index (χ4n) is 4.02. The molecular formula is C27H33N5O2. The molecule has 0 aliphatic rings. The van der Waals surface area contributed by atoms with Crippen LogP contribution in [0, 0.1) is 13.8 Å². The standard InChI is InChI=1S/C27H33N5O2/c1-7-9-18(2)16-21(14-15-28-26(33)23-11-8-10-20(4)29-23)31(5)27(34)25-22-17-19(3)12-13-24(22)32(6)30-25/h7-13,17,21H,2,14-16H2,1,3-6H3,(H,28,33). The summed E-state index contributed by atoms with van der Waals surface area (Å²) in [6, 6.07) is 11.2. The number of aryl methyl sites for hydroxylation is 3. The van der Waals surface area contributed by atoms with E-state index in [0.717, 1.165) is 27.7 Å². The number of nitrogens with zero attached hydrogens (tertiary/aromatic N) is 4. The maximum Gasteiger partial charge on any atom is 0.275 e. The molecule has 0 aliphatic carbocycles. The number of hydrogen-bond acceptors (Lipinski definition) is 4. The summed E-state index contributed by atoms with van der Waals surface area (Å²) in [4.78, 5) is 32.0. The van der Waals surface area contributed by atoms with Crippen LogP contribution in [0.2, 0.25) is 0 Å². The molecule has 0 radical (unpaired) electrons. The van der Waals surface area contributed by atoms with Crippen LogP contribution in [-0.4, -0.2) is 51.1 Å². The van der Waals surface area contributed by atoms with Crippen molar-refractivity contribution in [1.82, 2.24) is 25.0 Å². The number of fused-ring (bicyclic) bond motifs is 1. The highest BCUT2D eigenvalue weighted by Gasteiger charge is 2.26. The highest BCUT2D eigenvalue weighted by atomic mass is 16.2. The summed E-state index contributed by atoms with van der Waals surface area (Å²) in [5.41, 5.74) is 4.50. The topological polar surface area (TPSA) is 80.1 Å². The first-order chi connectivity index (χ1) is 16.2. The average molecular weight is 460 g/mol. The summed E-state index contributed by atoms with van der Waals surface area (Å²) < 4.78 is 1.73. The lowest BCUT2D eigenvalue weighted by atomic mass is 10.0. The molecule has 0 bridgehead atoms. The van der Waals surface area contributed by atoms with Crippen molar-refractivity contribution in [2.24, 2.45) is 7.05 Å². The van der Waals surface area contributed by atoms with Gasteiger partial charge in [-0.25, -0.2) is 4.98 Å². The van der Waals surface area contributed by atoms with E-state index >= 15 is 0 Å². The van der Waals surface area contributed by atoms with Gasteiger partial charge in [-0.05, 0) is 57.9 Å². The minimum absolute atomic E-state index is 0.152. The number of hydrogen-bond donors (Lipinski definition) is 1. The Bertz CT molecular complexity index is 1240. The summed E-state index contributed by atoms with van der Waals surface area (Å²) in [7, 11) is 3.63. The lowest BCUT2D eigenvalue weighted by Gasteiger charge is -2.28. The SMILES string of the molecule is C=C(C=CC)CC(CCNC(=O)c1cccc(C)n1)N(C)C(=O)c1nn(C)c2ccc(C)cc12. The smallest absolute Gasteiger partial charge is 0.275 e. The molecule has 3 rings (SSSR count). The predicted molar refractivity (Wildman–Crippen MR) is 136 cm³/mol. The van der Waals surface area contributed by atoms with Gasteiger partial charge in [-0.1, -0.05) is 42.0 Å². The van der Waals surface area contributed by atoms with Gasteiger partial charge in [-0.2, -0.15) is 5.10 Å². The van der Waals surface area contributed by atoms with Gasteiger partial charge in [0.1, 0.15) is 5.69 Å². The molecule has 1 N–H and O–H groups in total. The Morgan fingerprint density at radius 2 is 2.00 bits per heavy atom. The van der Waals surface area contributed by atoms with Gasteiger partial charge in [0, 0.05) is 37.8 Å². The van der Waals surface area contributed by atoms with Gasteiger partial charge in [0.25, 0.3) is 11.8 Å². The lowest BCUT2D eigenvalue weighted by Crippen LogP contribution is -2.40. The van der Waals surface area contributed by atoms with E-state index in [0.29, 0.717) is 30.8 Å². The molecule has 0 saturated heterocycles. The molecule has 2 aromatic heterocycles.